The summed E-state index contributed by atoms with van der Waals surface area (Å²) in [6, 6.07) is 0. The molecule has 1 aliphatic heterocycles. The van der Waals surface area contributed by atoms with Gasteiger partial charge >= 0.3 is 0 Å². The maximum absolute atomic E-state index is 12.2. The van der Waals surface area contributed by atoms with Crippen molar-refractivity contribution in [2.45, 2.75) is 138 Å². The van der Waals surface area contributed by atoms with Crippen LogP contribution in [0.1, 0.15) is 131 Å². The number of fused-ring (bicyclic) bond motifs is 5. The van der Waals surface area contributed by atoms with Crippen LogP contribution in [-0.4, -0.2) is 127 Å². The molecule has 8 atom stereocenters. The Bertz CT molecular complexity index is 1550. The minimum atomic E-state index is -0.320. The molecule has 3 fully saturated rings. The number of carbonyl (C=O) groups excluding carboxylic acids is 4. The molecule has 5 rings (SSSR count). The van der Waals surface area contributed by atoms with Gasteiger partial charge in [0.1, 0.15) is 0 Å². The molecule has 0 saturated heterocycles. The van der Waals surface area contributed by atoms with Crippen LogP contribution in [0.4, 0.5) is 0 Å². The van der Waals surface area contributed by atoms with E-state index in [2.05, 4.69) is 56.6 Å². The highest BCUT2D eigenvalue weighted by Gasteiger charge is 2.59. The zero-order chi connectivity index (χ0) is 46.0. The van der Waals surface area contributed by atoms with Gasteiger partial charge in [-0.1, -0.05) is 65.5 Å². The lowest BCUT2D eigenvalue weighted by atomic mass is 9.47. The van der Waals surface area contributed by atoms with Gasteiger partial charge in [0.25, 0.3) is 11.8 Å². The second-order valence-corrected chi connectivity index (χ2v) is 20.4. The minimum absolute atomic E-state index is 0.0226. The SMILES string of the molecule is CC1=CC(=O)N(CCCC(=O)NCCOCCOCCOCCOCCC(=O)NCCNCCOC2CCC3(C)C(=CCC4C3CCC3(C)C(C(C)CCCC(C)C)CCC43)C2)C1=O. The first-order chi connectivity index (χ1) is 30.8. The zero-order valence-electron chi connectivity index (χ0n) is 40.6. The molecule has 3 saturated carbocycles. The van der Waals surface area contributed by atoms with Gasteiger partial charge in [-0.25, -0.2) is 0 Å². The monoisotopic (exact) mass is 899 g/mol. The Morgan fingerprint density at radius 1 is 0.750 bits per heavy atom. The van der Waals surface area contributed by atoms with Crippen molar-refractivity contribution in [3.05, 3.63) is 23.3 Å². The highest BCUT2D eigenvalue weighted by atomic mass is 16.6. The molecular weight excluding hydrogens is 813 g/mol. The first-order valence-electron chi connectivity index (χ1n) is 25.2. The van der Waals surface area contributed by atoms with Crippen molar-refractivity contribution in [3.63, 3.8) is 0 Å². The predicted octanol–water partition coefficient (Wildman–Crippen LogP) is 6.79. The Labute approximate surface area is 385 Å². The molecule has 0 aromatic heterocycles. The van der Waals surface area contributed by atoms with Crippen molar-refractivity contribution >= 4 is 23.6 Å². The van der Waals surface area contributed by atoms with E-state index in [1.54, 1.807) is 12.5 Å². The van der Waals surface area contributed by atoms with Crippen LogP contribution in [0.15, 0.2) is 23.3 Å². The van der Waals surface area contributed by atoms with Crippen LogP contribution in [0.3, 0.4) is 0 Å². The van der Waals surface area contributed by atoms with Gasteiger partial charge in [-0.2, -0.15) is 0 Å². The maximum atomic E-state index is 12.2. The molecule has 3 N–H and O–H groups in total. The fourth-order valence-corrected chi connectivity index (χ4v) is 12.1. The summed E-state index contributed by atoms with van der Waals surface area (Å²) >= 11 is 0. The van der Waals surface area contributed by atoms with E-state index in [0.717, 1.165) is 59.8 Å². The van der Waals surface area contributed by atoms with Crippen LogP contribution in [-0.2, 0) is 42.9 Å². The number of rotatable bonds is 31. The number of imide groups is 1. The maximum Gasteiger partial charge on any atom is 0.256 e. The first-order valence-corrected chi connectivity index (χ1v) is 25.2. The highest BCUT2D eigenvalue weighted by molar-refractivity contribution is 6.15. The average Bonchev–Trinajstić information content (AvgIpc) is 3.74. The Balaban J connectivity index is 0.785. The van der Waals surface area contributed by atoms with Gasteiger partial charge in [0.05, 0.1) is 65.6 Å². The molecule has 4 amide bonds. The van der Waals surface area contributed by atoms with Gasteiger partial charge in [0, 0.05) is 57.2 Å². The summed E-state index contributed by atoms with van der Waals surface area (Å²) < 4.78 is 28.5. The van der Waals surface area contributed by atoms with Gasteiger partial charge in [0.15, 0.2) is 0 Å². The number of hydrogen-bond donors (Lipinski definition) is 3. The largest absolute Gasteiger partial charge is 0.379 e. The van der Waals surface area contributed by atoms with E-state index in [1.165, 1.54) is 63.9 Å². The lowest BCUT2D eigenvalue weighted by Crippen LogP contribution is -2.51. The van der Waals surface area contributed by atoms with E-state index in [4.69, 9.17) is 23.7 Å². The van der Waals surface area contributed by atoms with Crippen LogP contribution in [0.5, 0.6) is 0 Å². The average molecular weight is 899 g/mol. The number of nitrogens with zero attached hydrogens (tertiary/aromatic N) is 1. The van der Waals surface area contributed by atoms with Gasteiger partial charge in [-0.3, -0.25) is 24.1 Å². The Morgan fingerprint density at radius 3 is 2.14 bits per heavy atom. The lowest BCUT2D eigenvalue weighted by Gasteiger charge is -2.58. The smallest absolute Gasteiger partial charge is 0.256 e. The zero-order valence-corrected chi connectivity index (χ0v) is 40.6. The molecule has 364 valence electrons. The third kappa shape index (κ3) is 15.2. The van der Waals surface area contributed by atoms with Gasteiger partial charge in [-0.05, 0) is 111 Å². The standard InChI is InChI=1S/C51H86N4O9/c1-37(2)9-7-10-38(3)43-14-15-44-42-13-12-40-36-41(16-19-50(40,5)45(42)17-20-51(43,44)6)64-28-23-52-21-22-53-47(57)18-26-60-29-31-62-33-34-63-32-30-61-27-24-54-46(56)11-8-25-55-48(58)35-39(4)49(55)59/h12,35,37-38,41-45,52H,7-11,13-34,36H2,1-6H3,(H,53,57)(H,54,56). The highest BCUT2D eigenvalue weighted by Crippen LogP contribution is 2.67. The van der Waals surface area contributed by atoms with E-state index in [-0.39, 0.29) is 36.6 Å². The van der Waals surface area contributed by atoms with Crippen LogP contribution in [0.25, 0.3) is 0 Å². The van der Waals surface area contributed by atoms with Crippen molar-refractivity contribution in [2.75, 3.05) is 92.2 Å². The van der Waals surface area contributed by atoms with Gasteiger partial charge < -0.3 is 39.6 Å². The fraction of sp³-hybridized carbons (Fsp3) is 0.843. The number of carbonyl (C=O) groups is 4. The fourth-order valence-electron chi connectivity index (χ4n) is 12.1. The Morgan fingerprint density at radius 2 is 1.44 bits per heavy atom. The van der Waals surface area contributed by atoms with E-state index in [9.17, 15) is 19.2 Å². The summed E-state index contributed by atoms with van der Waals surface area (Å²) in [5.41, 5.74) is 3.01. The molecule has 13 nitrogen and oxygen atoms in total. The van der Waals surface area contributed by atoms with E-state index >= 15 is 0 Å². The molecule has 5 aliphatic rings. The normalized spacial score (nSPS) is 28.1. The third-order valence-corrected chi connectivity index (χ3v) is 15.6. The topological polar surface area (TPSA) is 154 Å². The predicted molar refractivity (Wildman–Crippen MR) is 249 cm³/mol. The number of nitrogens with one attached hydrogen (secondary N) is 3. The molecule has 64 heavy (non-hydrogen) atoms. The number of ether oxygens (including phenoxy) is 5. The number of hydrogen-bond acceptors (Lipinski definition) is 10. The molecule has 4 aliphatic carbocycles. The Kier molecular flexibility index (Phi) is 21.7. The molecule has 13 heteroatoms. The molecule has 0 spiro atoms. The molecule has 0 radical (unpaired) electrons. The van der Waals surface area contributed by atoms with E-state index in [0.29, 0.717) is 114 Å². The molecule has 0 aromatic carbocycles. The summed E-state index contributed by atoms with van der Waals surface area (Å²) in [5.74, 6) is 4.43. The van der Waals surface area contributed by atoms with Crippen LogP contribution >= 0.6 is 0 Å². The molecule has 8 unspecified atom stereocenters. The second-order valence-electron chi connectivity index (χ2n) is 20.4. The lowest BCUT2D eigenvalue weighted by molar-refractivity contribution is -0.137. The summed E-state index contributed by atoms with van der Waals surface area (Å²) in [6.07, 6.45) is 20.0. The summed E-state index contributed by atoms with van der Waals surface area (Å²) in [5, 5.41) is 9.15. The summed E-state index contributed by atoms with van der Waals surface area (Å²) in [4.78, 5) is 49.0. The van der Waals surface area contributed by atoms with Crippen molar-refractivity contribution in [2.24, 2.45) is 46.3 Å². The summed E-state index contributed by atoms with van der Waals surface area (Å²) in [7, 11) is 0. The van der Waals surface area contributed by atoms with Crippen molar-refractivity contribution in [1.29, 1.82) is 0 Å². The van der Waals surface area contributed by atoms with Crippen LogP contribution in [0.2, 0.25) is 0 Å². The molecule has 1 heterocycles. The second kappa shape index (κ2) is 26.6. The number of amides is 4. The molecule has 0 bridgehead atoms. The summed E-state index contributed by atoms with van der Waals surface area (Å²) in [6.45, 7) is 20.8. The third-order valence-electron chi connectivity index (χ3n) is 15.6. The number of allylic oxidation sites excluding steroid dienone is 1. The van der Waals surface area contributed by atoms with Crippen molar-refractivity contribution in [3.8, 4) is 0 Å². The van der Waals surface area contributed by atoms with Gasteiger partial charge in [0.2, 0.25) is 11.8 Å². The quantitative estimate of drug-likeness (QED) is 0.0386. The van der Waals surface area contributed by atoms with E-state index < -0.39 is 0 Å². The first kappa shape index (κ1) is 52.3. The van der Waals surface area contributed by atoms with Crippen molar-refractivity contribution in [1.82, 2.24) is 20.9 Å². The van der Waals surface area contributed by atoms with E-state index in [1.807, 2.05) is 0 Å². The minimum Gasteiger partial charge on any atom is -0.379 e. The Hall–Kier alpha value is -2.68. The van der Waals surface area contributed by atoms with Crippen molar-refractivity contribution < 1.29 is 42.9 Å². The molecular formula is C51H86N4O9. The molecule has 0 aromatic rings. The van der Waals surface area contributed by atoms with Gasteiger partial charge in [-0.15, -0.1) is 0 Å². The van der Waals surface area contributed by atoms with Crippen LogP contribution in [0, 0.1) is 46.3 Å². The van der Waals surface area contributed by atoms with Crippen LogP contribution < -0.4 is 16.0 Å².